The zero-order valence-electron chi connectivity index (χ0n) is 34.3. The number of hydrogen-bond acceptors (Lipinski definition) is 8. The Hall–Kier alpha value is -3.81. The number of fused-ring (bicyclic) bond motifs is 1. The Balaban J connectivity index is 1.50. The molecule has 0 radical (unpaired) electrons. The van der Waals surface area contributed by atoms with Crippen LogP contribution in [0.1, 0.15) is 146 Å². The summed E-state index contributed by atoms with van der Waals surface area (Å²) in [5.74, 6) is 2.82. The molecule has 0 bridgehead atoms. The monoisotopic (exact) mass is 734 g/mol. The highest BCUT2D eigenvalue weighted by Gasteiger charge is 2.35. The third kappa shape index (κ3) is 13.8. The number of hydrogen-bond donors (Lipinski definition) is 0. The van der Waals surface area contributed by atoms with Crippen molar-refractivity contribution in [2.24, 2.45) is 17.8 Å². The summed E-state index contributed by atoms with van der Waals surface area (Å²) in [6.07, 6.45) is 15.8. The fourth-order valence-electron chi connectivity index (χ4n) is 7.18. The molecule has 0 amide bonds. The van der Waals surface area contributed by atoms with Crippen LogP contribution in [-0.2, 0) is 25.5 Å². The second kappa shape index (κ2) is 21.2. The van der Waals surface area contributed by atoms with Gasteiger partial charge >= 0.3 is 17.9 Å². The summed E-state index contributed by atoms with van der Waals surface area (Å²) >= 11 is 0. The SMILES string of the molecule is CCOC(=O)/C=C/c1ccc(OC(=O)CCC(=O)Oc2c(C)c(C)c3c(c2C)CC[C@@](C)(CCC[C@H](C)CCC[C@H](C)CCCC(C)C)O3)c(OC)c1. The van der Waals surface area contributed by atoms with Crippen molar-refractivity contribution in [1.29, 1.82) is 0 Å². The smallest absolute Gasteiger partial charge is 0.330 e. The van der Waals surface area contributed by atoms with Crippen LogP contribution in [0.5, 0.6) is 23.0 Å². The number of ether oxygens (including phenoxy) is 5. The zero-order chi connectivity index (χ0) is 39.1. The molecule has 0 fully saturated rings. The molecule has 8 heteroatoms. The first-order chi connectivity index (χ1) is 25.2. The van der Waals surface area contributed by atoms with E-state index in [1.807, 2.05) is 20.8 Å². The third-order valence-corrected chi connectivity index (χ3v) is 10.7. The van der Waals surface area contributed by atoms with Crippen LogP contribution in [0.25, 0.3) is 6.08 Å². The third-order valence-electron chi connectivity index (χ3n) is 10.7. The molecule has 8 nitrogen and oxygen atoms in total. The van der Waals surface area contributed by atoms with E-state index < -0.39 is 17.9 Å². The van der Waals surface area contributed by atoms with E-state index in [1.54, 1.807) is 31.2 Å². The molecule has 1 heterocycles. The molecule has 0 saturated carbocycles. The van der Waals surface area contributed by atoms with Crippen molar-refractivity contribution in [3.63, 3.8) is 0 Å². The van der Waals surface area contributed by atoms with Gasteiger partial charge in [-0.15, -0.1) is 0 Å². The molecule has 0 N–H and O–H groups in total. The summed E-state index contributed by atoms with van der Waals surface area (Å²) in [6.45, 7) is 19.7. The molecule has 3 rings (SSSR count). The van der Waals surface area contributed by atoms with Crippen LogP contribution in [0.3, 0.4) is 0 Å². The molecule has 1 aliphatic heterocycles. The summed E-state index contributed by atoms with van der Waals surface area (Å²) in [5.41, 5.74) is 4.31. The highest BCUT2D eigenvalue weighted by atomic mass is 16.6. The first kappa shape index (κ1) is 43.6. The Morgan fingerprint density at radius 3 is 2.08 bits per heavy atom. The maximum Gasteiger partial charge on any atom is 0.330 e. The Morgan fingerprint density at radius 1 is 0.830 bits per heavy atom. The highest BCUT2D eigenvalue weighted by Crippen LogP contribution is 2.45. The Bertz CT molecular complexity index is 1560. The standard InChI is InChI=1S/C45H66O8/c1-11-50-40(46)23-21-36-20-22-38(39(29-36)49-10)51-41(47)24-25-42(48)52-43-33(6)34(7)44-37(35(43)8)26-28-45(9,53-44)27-14-19-32(5)18-13-17-31(4)16-12-15-30(2)3/h20-23,29-32H,11-19,24-28H2,1-10H3/b23-21+/t31-,32-,45-/m1/s1. The second-order valence-electron chi connectivity index (χ2n) is 15.9. The summed E-state index contributed by atoms with van der Waals surface area (Å²) in [4.78, 5) is 37.3. The lowest BCUT2D eigenvalue weighted by atomic mass is 9.83. The van der Waals surface area contributed by atoms with E-state index in [1.165, 1.54) is 58.1 Å². The normalized spacial score (nSPS) is 16.5. The van der Waals surface area contributed by atoms with Gasteiger partial charge in [0.15, 0.2) is 11.5 Å². The molecule has 294 valence electrons. The fourth-order valence-corrected chi connectivity index (χ4v) is 7.18. The van der Waals surface area contributed by atoms with Crippen molar-refractivity contribution in [2.45, 2.75) is 151 Å². The number of benzene rings is 2. The summed E-state index contributed by atoms with van der Waals surface area (Å²) in [7, 11) is 1.46. The van der Waals surface area contributed by atoms with E-state index in [9.17, 15) is 14.4 Å². The average molecular weight is 735 g/mol. The lowest BCUT2D eigenvalue weighted by Crippen LogP contribution is -2.37. The van der Waals surface area contributed by atoms with Gasteiger partial charge in [0.05, 0.1) is 26.6 Å². The number of carbonyl (C=O) groups excluding carboxylic acids is 3. The van der Waals surface area contributed by atoms with Crippen molar-refractivity contribution < 1.29 is 38.1 Å². The van der Waals surface area contributed by atoms with Gasteiger partial charge in [-0.25, -0.2) is 4.79 Å². The minimum Gasteiger partial charge on any atom is -0.493 e. The molecule has 0 spiro atoms. The zero-order valence-corrected chi connectivity index (χ0v) is 34.3. The van der Waals surface area contributed by atoms with Crippen LogP contribution in [0, 0.1) is 38.5 Å². The molecule has 2 aromatic carbocycles. The molecular formula is C45H66O8. The second-order valence-corrected chi connectivity index (χ2v) is 15.9. The molecule has 2 aromatic rings. The summed E-state index contributed by atoms with van der Waals surface area (Å²) in [6, 6.07) is 4.91. The molecule has 0 aliphatic carbocycles. The largest absolute Gasteiger partial charge is 0.493 e. The van der Waals surface area contributed by atoms with Gasteiger partial charge in [0, 0.05) is 11.6 Å². The fraction of sp³-hybridized carbons (Fsp3) is 0.622. The first-order valence-electron chi connectivity index (χ1n) is 19.9. The molecule has 0 saturated heterocycles. The van der Waals surface area contributed by atoms with Crippen LogP contribution in [0.15, 0.2) is 24.3 Å². The quantitative estimate of drug-likeness (QED) is 0.0710. The first-order valence-corrected chi connectivity index (χ1v) is 19.9. The Morgan fingerprint density at radius 2 is 1.45 bits per heavy atom. The topological polar surface area (TPSA) is 97.4 Å². The van der Waals surface area contributed by atoms with E-state index in [0.717, 1.165) is 71.4 Å². The number of carbonyl (C=O) groups is 3. The predicted octanol–water partition coefficient (Wildman–Crippen LogP) is 11.0. The maximum atomic E-state index is 13.0. The van der Waals surface area contributed by atoms with Crippen molar-refractivity contribution in [3.8, 4) is 23.0 Å². The lowest BCUT2D eigenvalue weighted by Gasteiger charge is -2.38. The van der Waals surface area contributed by atoms with E-state index in [4.69, 9.17) is 23.7 Å². The van der Waals surface area contributed by atoms with E-state index in [0.29, 0.717) is 17.1 Å². The summed E-state index contributed by atoms with van der Waals surface area (Å²) < 4.78 is 28.4. The van der Waals surface area contributed by atoms with Crippen LogP contribution >= 0.6 is 0 Å². The van der Waals surface area contributed by atoms with Crippen molar-refractivity contribution in [3.05, 3.63) is 52.1 Å². The predicted molar refractivity (Wildman–Crippen MR) is 212 cm³/mol. The minimum absolute atomic E-state index is 0.138. The van der Waals surface area contributed by atoms with Gasteiger partial charge in [0.25, 0.3) is 0 Å². The van der Waals surface area contributed by atoms with Gasteiger partial charge in [-0.2, -0.15) is 0 Å². The van der Waals surface area contributed by atoms with Gasteiger partial charge in [0.1, 0.15) is 17.1 Å². The molecule has 0 unspecified atom stereocenters. The van der Waals surface area contributed by atoms with Gasteiger partial charge in [0.2, 0.25) is 0 Å². The van der Waals surface area contributed by atoms with E-state index in [-0.39, 0.29) is 30.8 Å². The van der Waals surface area contributed by atoms with Crippen LogP contribution in [-0.4, -0.2) is 37.2 Å². The number of rotatable bonds is 21. The molecule has 0 aromatic heterocycles. The van der Waals surface area contributed by atoms with Crippen LogP contribution in [0.2, 0.25) is 0 Å². The van der Waals surface area contributed by atoms with Crippen molar-refractivity contribution in [1.82, 2.24) is 0 Å². The lowest BCUT2D eigenvalue weighted by molar-refractivity contribution is -0.140. The van der Waals surface area contributed by atoms with Gasteiger partial charge in [-0.1, -0.05) is 78.7 Å². The molecular weight excluding hydrogens is 668 g/mol. The number of esters is 3. The van der Waals surface area contributed by atoms with Crippen LogP contribution < -0.4 is 18.9 Å². The minimum atomic E-state index is -0.589. The maximum absolute atomic E-state index is 13.0. The van der Waals surface area contributed by atoms with E-state index >= 15 is 0 Å². The van der Waals surface area contributed by atoms with Gasteiger partial charge < -0.3 is 23.7 Å². The van der Waals surface area contributed by atoms with Crippen molar-refractivity contribution in [2.75, 3.05) is 13.7 Å². The van der Waals surface area contributed by atoms with Crippen molar-refractivity contribution >= 4 is 24.0 Å². The molecule has 1 aliphatic rings. The van der Waals surface area contributed by atoms with Gasteiger partial charge in [-0.3, -0.25) is 9.59 Å². The molecule has 3 atom stereocenters. The van der Waals surface area contributed by atoms with Gasteiger partial charge in [-0.05, 0) is 119 Å². The average Bonchev–Trinajstić information content (AvgIpc) is 3.11. The Labute approximate surface area is 319 Å². The Kier molecular flexibility index (Phi) is 17.4. The summed E-state index contributed by atoms with van der Waals surface area (Å²) in [5, 5.41) is 0. The number of methoxy groups -OCH3 is 1. The van der Waals surface area contributed by atoms with E-state index in [2.05, 4.69) is 34.6 Å². The van der Waals surface area contributed by atoms with Crippen LogP contribution in [0.4, 0.5) is 0 Å². The molecule has 53 heavy (non-hydrogen) atoms. The highest BCUT2D eigenvalue weighted by molar-refractivity contribution is 5.87.